The first-order valence-corrected chi connectivity index (χ1v) is 12.4. The molecule has 0 aliphatic carbocycles. The van der Waals surface area contributed by atoms with Crippen LogP contribution < -0.4 is 15.5 Å². The molecule has 0 aliphatic rings. The van der Waals surface area contributed by atoms with E-state index in [0.29, 0.717) is 14.9 Å². The Morgan fingerprint density at radius 3 is 2.68 bits per heavy atom. The number of benzene rings is 3. The molecule has 10 heteroatoms. The lowest BCUT2D eigenvalue weighted by molar-refractivity contribution is -0.123. The number of amides is 2. The number of alkyl carbamates (subject to hydrolysis) is 1. The molecule has 3 aromatic carbocycles. The molecule has 0 saturated heterocycles. The molecule has 0 radical (unpaired) electrons. The number of H-pyrrole nitrogens is 1. The van der Waals surface area contributed by atoms with E-state index in [1.54, 1.807) is 12.1 Å². The van der Waals surface area contributed by atoms with Crippen molar-refractivity contribution in [1.82, 2.24) is 15.7 Å². The first-order valence-electron chi connectivity index (χ1n) is 11.4. The fourth-order valence-electron chi connectivity index (χ4n) is 3.71. The normalized spacial score (nSPS) is 11.8. The average Bonchev–Trinajstić information content (AvgIpc) is 3.32. The van der Waals surface area contributed by atoms with Crippen LogP contribution in [0.5, 0.6) is 11.5 Å². The van der Waals surface area contributed by atoms with Crippen LogP contribution >= 0.6 is 22.6 Å². The van der Waals surface area contributed by atoms with Crippen molar-refractivity contribution in [3.8, 4) is 11.5 Å². The maximum atomic E-state index is 13.1. The van der Waals surface area contributed by atoms with Gasteiger partial charge in [-0.1, -0.05) is 48.5 Å². The Labute approximate surface area is 227 Å². The highest BCUT2D eigenvalue weighted by molar-refractivity contribution is 14.1. The van der Waals surface area contributed by atoms with E-state index in [9.17, 15) is 14.7 Å². The Morgan fingerprint density at radius 2 is 1.89 bits per heavy atom. The van der Waals surface area contributed by atoms with Crippen LogP contribution in [0.4, 0.5) is 4.79 Å². The highest BCUT2D eigenvalue weighted by Gasteiger charge is 2.23. The smallest absolute Gasteiger partial charge is 0.408 e. The number of carbonyl (C=O) groups excluding carboxylic acids is 2. The van der Waals surface area contributed by atoms with Gasteiger partial charge in [0.25, 0.3) is 5.91 Å². The summed E-state index contributed by atoms with van der Waals surface area (Å²) in [6, 6.07) is 19.3. The first-order chi connectivity index (χ1) is 17.9. The number of aromatic amines is 1. The van der Waals surface area contributed by atoms with Crippen LogP contribution in [-0.4, -0.2) is 41.5 Å². The maximum Gasteiger partial charge on any atom is 0.408 e. The van der Waals surface area contributed by atoms with E-state index in [-0.39, 0.29) is 18.8 Å². The predicted octanol–water partition coefficient (Wildman–Crippen LogP) is 4.47. The summed E-state index contributed by atoms with van der Waals surface area (Å²) in [6.07, 6.45) is 2.75. The lowest BCUT2D eigenvalue weighted by Gasteiger charge is -2.17. The molecule has 0 aliphatic heterocycles. The Bertz CT molecular complexity index is 1420. The van der Waals surface area contributed by atoms with Gasteiger partial charge in [0.05, 0.1) is 16.9 Å². The Morgan fingerprint density at radius 1 is 1.14 bits per heavy atom. The Kier molecular flexibility index (Phi) is 8.62. The van der Waals surface area contributed by atoms with Crippen molar-refractivity contribution >= 4 is 51.7 Å². The largest absolute Gasteiger partial charge is 0.504 e. The number of rotatable bonds is 9. The summed E-state index contributed by atoms with van der Waals surface area (Å²) in [5, 5.41) is 17.7. The van der Waals surface area contributed by atoms with Gasteiger partial charge in [0.1, 0.15) is 12.6 Å². The molecular weight excluding hydrogens is 587 g/mol. The number of phenols is 1. The van der Waals surface area contributed by atoms with Crippen LogP contribution in [0.3, 0.4) is 0 Å². The number of aromatic nitrogens is 1. The highest BCUT2D eigenvalue weighted by Crippen LogP contribution is 2.31. The van der Waals surface area contributed by atoms with Gasteiger partial charge < -0.3 is 24.9 Å². The fraction of sp³-hybridized carbons (Fsp3) is 0.148. The molecule has 1 heterocycles. The number of fused-ring (bicyclic) bond motifs is 1. The lowest BCUT2D eigenvalue weighted by Crippen LogP contribution is -2.47. The van der Waals surface area contributed by atoms with Gasteiger partial charge in [0, 0.05) is 23.5 Å². The molecule has 1 aromatic heterocycles. The van der Waals surface area contributed by atoms with E-state index < -0.39 is 18.0 Å². The summed E-state index contributed by atoms with van der Waals surface area (Å²) in [4.78, 5) is 28.8. The van der Waals surface area contributed by atoms with Gasteiger partial charge in [0.2, 0.25) is 0 Å². The standard InChI is InChI=1S/C27H25IN4O5/c1-36-24-12-18(11-21(28)25(24)33)14-30-32-26(34)23(13-19-15-29-22-10-6-5-9-20(19)22)31-27(35)37-16-17-7-3-2-4-8-17/h2-12,14-15,23,29,33H,13,16H2,1H3,(H,31,35)(H,32,34)/b30-14-/t23-/m1/s1. The third-order valence-corrected chi connectivity index (χ3v) is 6.40. The van der Waals surface area contributed by atoms with Gasteiger partial charge in [-0.25, -0.2) is 10.2 Å². The third kappa shape index (κ3) is 6.79. The molecule has 0 bridgehead atoms. The van der Waals surface area contributed by atoms with Gasteiger partial charge in [-0.2, -0.15) is 5.10 Å². The molecule has 0 unspecified atom stereocenters. The number of para-hydroxylation sites is 1. The highest BCUT2D eigenvalue weighted by atomic mass is 127. The monoisotopic (exact) mass is 612 g/mol. The summed E-state index contributed by atoms with van der Waals surface area (Å²) in [5.74, 6) is -0.195. The third-order valence-electron chi connectivity index (χ3n) is 5.58. The summed E-state index contributed by atoms with van der Waals surface area (Å²) in [5.41, 5.74) is 5.72. The van der Waals surface area contributed by atoms with Crippen LogP contribution in [0.25, 0.3) is 10.9 Å². The molecule has 2 amide bonds. The number of methoxy groups -OCH3 is 1. The second kappa shape index (κ2) is 12.3. The van der Waals surface area contributed by atoms with Gasteiger partial charge in [0.15, 0.2) is 11.5 Å². The minimum Gasteiger partial charge on any atom is -0.504 e. The number of carbonyl (C=O) groups is 2. The van der Waals surface area contributed by atoms with Crippen LogP contribution in [0, 0.1) is 3.57 Å². The summed E-state index contributed by atoms with van der Waals surface area (Å²) < 4.78 is 11.1. The number of nitrogens with zero attached hydrogens (tertiary/aromatic N) is 1. The number of phenolic OH excluding ortho intramolecular Hbond substituents is 1. The molecule has 4 aromatic rings. The van der Waals surface area contributed by atoms with E-state index >= 15 is 0 Å². The number of ether oxygens (including phenoxy) is 2. The zero-order valence-electron chi connectivity index (χ0n) is 19.9. The Hall–Kier alpha value is -4.06. The van der Waals surface area contributed by atoms with Crippen LogP contribution in [0.2, 0.25) is 0 Å². The van der Waals surface area contributed by atoms with Crippen LogP contribution in [0.1, 0.15) is 16.7 Å². The van der Waals surface area contributed by atoms with Crippen molar-refractivity contribution in [3.05, 3.63) is 93.2 Å². The zero-order valence-corrected chi connectivity index (χ0v) is 22.1. The molecule has 4 rings (SSSR count). The molecule has 0 fully saturated rings. The molecule has 4 N–H and O–H groups in total. The number of hydrogen-bond acceptors (Lipinski definition) is 6. The van der Waals surface area contributed by atoms with E-state index in [1.165, 1.54) is 13.3 Å². The molecule has 0 spiro atoms. The quantitative estimate of drug-likeness (QED) is 0.126. The fourth-order valence-corrected chi connectivity index (χ4v) is 4.33. The summed E-state index contributed by atoms with van der Waals surface area (Å²) >= 11 is 1.97. The Balaban J connectivity index is 1.47. The van der Waals surface area contributed by atoms with Crippen molar-refractivity contribution in [2.75, 3.05) is 7.11 Å². The number of hydrazone groups is 1. The minimum atomic E-state index is -0.950. The van der Waals surface area contributed by atoms with E-state index in [2.05, 4.69) is 20.8 Å². The molecule has 190 valence electrons. The number of halogens is 1. The van der Waals surface area contributed by atoms with Gasteiger partial charge in [-0.15, -0.1) is 0 Å². The molecule has 9 nitrogen and oxygen atoms in total. The second-order valence-corrected chi connectivity index (χ2v) is 9.27. The topological polar surface area (TPSA) is 125 Å². The molecular formula is C27H25IN4O5. The van der Waals surface area contributed by atoms with Gasteiger partial charge in [-0.3, -0.25) is 4.79 Å². The summed E-state index contributed by atoms with van der Waals surface area (Å²) in [6.45, 7) is 0.0770. The number of hydrogen-bond donors (Lipinski definition) is 4. The lowest BCUT2D eigenvalue weighted by atomic mass is 10.0. The average molecular weight is 612 g/mol. The van der Waals surface area contributed by atoms with Crippen molar-refractivity contribution in [1.29, 1.82) is 0 Å². The van der Waals surface area contributed by atoms with E-state index in [1.807, 2.05) is 83.4 Å². The second-order valence-electron chi connectivity index (χ2n) is 8.11. The van der Waals surface area contributed by atoms with Crippen molar-refractivity contribution in [2.24, 2.45) is 5.10 Å². The molecule has 1 atom stereocenters. The number of nitrogens with one attached hydrogen (secondary N) is 3. The van der Waals surface area contributed by atoms with Crippen molar-refractivity contribution in [2.45, 2.75) is 19.1 Å². The zero-order chi connectivity index (χ0) is 26.2. The SMILES string of the molecule is COc1cc(/C=N\NC(=O)[C@@H](Cc2c[nH]c3ccccc23)NC(=O)OCc2ccccc2)cc(I)c1O. The molecule has 0 saturated carbocycles. The van der Waals surface area contributed by atoms with Crippen LogP contribution in [-0.2, 0) is 22.6 Å². The number of aromatic hydroxyl groups is 1. The van der Waals surface area contributed by atoms with Crippen LogP contribution in [0.15, 0.2) is 78.0 Å². The van der Waals surface area contributed by atoms with E-state index in [4.69, 9.17) is 9.47 Å². The van der Waals surface area contributed by atoms with Crippen molar-refractivity contribution in [3.63, 3.8) is 0 Å². The molecule has 37 heavy (non-hydrogen) atoms. The maximum absolute atomic E-state index is 13.1. The van der Waals surface area contributed by atoms with E-state index in [0.717, 1.165) is 22.0 Å². The summed E-state index contributed by atoms with van der Waals surface area (Å²) in [7, 11) is 1.45. The van der Waals surface area contributed by atoms with Gasteiger partial charge in [-0.05, 0) is 57.5 Å². The van der Waals surface area contributed by atoms with Crippen molar-refractivity contribution < 1.29 is 24.2 Å². The minimum absolute atomic E-state index is 0.0290. The van der Waals surface area contributed by atoms with Gasteiger partial charge >= 0.3 is 6.09 Å². The first kappa shape index (κ1) is 26.0. The predicted molar refractivity (Wildman–Crippen MR) is 149 cm³/mol.